The Labute approximate surface area is 103 Å². The number of nitrogens with two attached hydrogens (primary N) is 1. The lowest BCUT2D eigenvalue weighted by atomic mass is 10.2. The fourth-order valence-electron chi connectivity index (χ4n) is 2.77. The molecule has 2 aliphatic rings. The van der Waals surface area contributed by atoms with Crippen molar-refractivity contribution in [2.45, 2.75) is 25.3 Å². The summed E-state index contributed by atoms with van der Waals surface area (Å²) >= 11 is 0. The van der Waals surface area contributed by atoms with E-state index in [0.717, 1.165) is 26.1 Å². The highest BCUT2D eigenvalue weighted by Crippen LogP contribution is 2.21. The number of nitrogens with zero attached hydrogens (tertiary/aromatic N) is 2. The number of amides is 1. The Kier molecular flexibility index (Phi) is 4.76. The Balaban J connectivity index is 1.81. The monoisotopic (exact) mass is 241 g/mol. The minimum absolute atomic E-state index is 0.118. The van der Waals surface area contributed by atoms with Gasteiger partial charge in [0, 0.05) is 32.2 Å². The highest BCUT2D eigenvalue weighted by atomic mass is 16.5. The van der Waals surface area contributed by atoms with Gasteiger partial charge in [0.05, 0.1) is 6.61 Å². The van der Waals surface area contributed by atoms with Crippen LogP contribution in [-0.4, -0.2) is 67.7 Å². The first kappa shape index (κ1) is 12.8. The minimum atomic E-state index is 0.118. The van der Waals surface area contributed by atoms with E-state index in [1.807, 2.05) is 4.90 Å². The van der Waals surface area contributed by atoms with Gasteiger partial charge in [0.2, 0.25) is 5.91 Å². The van der Waals surface area contributed by atoms with Gasteiger partial charge in [-0.15, -0.1) is 0 Å². The normalized spacial score (nSPS) is 25.7. The molecule has 2 heterocycles. The van der Waals surface area contributed by atoms with Gasteiger partial charge in [-0.05, 0) is 25.8 Å². The molecule has 1 atom stereocenters. The summed E-state index contributed by atoms with van der Waals surface area (Å²) < 4.78 is 5.22. The van der Waals surface area contributed by atoms with Crippen LogP contribution in [0.15, 0.2) is 0 Å². The SMILES string of the molecule is NCCOCC(=O)N1CCCN2CCCC2C1. The van der Waals surface area contributed by atoms with Gasteiger partial charge in [0.1, 0.15) is 6.61 Å². The molecule has 0 saturated carbocycles. The molecular formula is C12H23N3O2. The molecule has 2 saturated heterocycles. The van der Waals surface area contributed by atoms with Crippen molar-refractivity contribution >= 4 is 5.91 Å². The number of carbonyl (C=O) groups excluding carboxylic acids is 1. The standard InChI is InChI=1S/C12H23N3O2/c13-4-8-17-10-12(16)15-7-2-6-14-5-1-3-11(14)9-15/h11H,1-10,13H2. The van der Waals surface area contributed by atoms with Crippen LogP contribution in [0.2, 0.25) is 0 Å². The molecular weight excluding hydrogens is 218 g/mol. The minimum Gasteiger partial charge on any atom is -0.370 e. The van der Waals surface area contributed by atoms with Crippen LogP contribution >= 0.6 is 0 Å². The third-order valence-corrected chi connectivity index (χ3v) is 3.64. The third kappa shape index (κ3) is 3.40. The average molecular weight is 241 g/mol. The van der Waals surface area contributed by atoms with E-state index in [-0.39, 0.29) is 12.5 Å². The number of ether oxygens (including phenoxy) is 1. The summed E-state index contributed by atoms with van der Waals surface area (Å²) in [4.78, 5) is 16.4. The molecule has 1 amide bonds. The van der Waals surface area contributed by atoms with Crippen LogP contribution < -0.4 is 5.73 Å². The summed E-state index contributed by atoms with van der Waals surface area (Å²) in [6.07, 6.45) is 3.59. The van der Waals surface area contributed by atoms with Crippen molar-refractivity contribution in [3.63, 3.8) is 0 Å². The van der Waals surface area contributed by atoms with E-state index < -0.39 is 0 Å². The van der Waals surface area contributed by atoms with Crippen molar-refractivity contribution in [2.24, 2.45) is 5.73 Å². The Bertz CT molecular complexity index is 260. The molecule has 2 fully saturated rings. The number of hydrogen-bond donors (Lipinski definition) is 1. The van der Waals surface area contributed by atoms with Crippen molar-refractivity contribution in [3.8, 4) is 0 Å². The van der Waals surface area contributed by atoms with Crippen LogP contribution in [0.4, 0.5) is 0 Å². The molecule has 2 aliphatic heterocycles. The molecule has 2 N–H and O–H groups in total. The fraction of sp³-hybridized carbons (Fsp3) is 0.917. The summed E-state index contributed by atoms with van der Waals surface area (Å²) in [6.45, 7) is 5.22. The van der Waals surface area contributed by atoms with E-state index in [4.69, 9.17) is 10.5 Å². The van der Waals surface area contributed by atoms with Gasteiger partial charge >= 0.3 is 0 Å². The van der Waals surface area contributed by atoms with Gasteiger partial charge in [0.25, 0.3) is 0 Å². The third-order valence-electron chi connectivity index (χ3n) is 3.64. The Morgan fingerprint density at radius 3 is 2.94 bits per heavy atom. The van der Waals surface area contributed by atoms with E-state index >= 15 is 0 Å². The van der Waals surface area contributed by atoms with Crippen LogP contribution in [0.25, 0.3) is 0 Å². The summed E-state index contributed by atoms with van der Waals surface area (Å²) in [5.41, 5.74) is 5.33. The second kappa shape index (κ2) is 6.33. The molecule has 0 aromatic heterocycles. The van der Waals surface area contributed by atoms with E-state index in [2.05, 4.69) is 4.90 Å². The molecule has 17 heavy (non-hydrogen) atoms. The smallest absolute Gasteiger partial charge is 0.248 e. The first-order chi connectivity index (χ1) is 8.31. The van der Waals surface area contributed by atoms with Gasteiger partial charge in [-0.1, -0.05) is 0 Å². The predicted molar refractivity (Wildman–Crippen MR) is 65.7 cm³/mol. The molecule has 5 nitrogen and oxygen atoms in total. The number of hydrogen-bond acceptors (Lipinski definition) is 4. The van der Waals surface area contributed by atoms with Crippen molar-refractivity contribution in [1.82, 2.24) is 9.80 Å². The van der Waals surface area contributed by atoms with E-state index in [0.29, 0.717) is 19.2 Å². The maximum atomic E-state index is 12.0. The summed E-state index contributed by atoms with van der Waals surface area (Å²) in [7, 11) is 0. The van der Waals surface area contributed by atoms with Crippen LogP contribution in [0, 0.1) is 0 Å². The molecule has 2 rings (SSSR count). The maximum absolute atomic E-state index is 12.0. The van der Waals surface area contributed by atoms with Gasteiger partial charge < -0.3 is 15.4 Å². The maximum Gasteiger partial charge on any atom is 0.248 e. The molecule has 0 aromatic rings. The summed E-state index contributed by atoms with van der Waals surface area (Å²) in [5.74, 6) is 0.118. The van der Waals surface area contributed by atoms with E-state index in [1.54, 1.807) is 0 Å². The predicted octanol–water partition coefficient (Wildman–Crippen LogP) is -0.342. The van der Waals surface area contributed by atoms with Crippen molar-refractivity contribution < 1.29 is 9.53 Å². The van der Waals surface area contributed by atoms with Gasteiger partial charge in [-0.3, -0.25) is 9.69 Å². The lowest BCUT2D eigenvalue weighted by Crippen LogP contribution is -2.41. The Morgan fingerprint density at radius 1 is 1.29 bits per heavy atom. The molecule has 0 aliphatic carbocycles. The average Bonchev–Trinajstić information content (AvgIpc) is 2.66. The van der Waals surface area contributed by atoms with Crippen LogP contribution in [0.5, 0.6) is 0 Å². The highest BCUT2D eigenvalue weighted by Gasteiger charge is 2.30. The fourth-order valence-corrected chi connectivity index (χ4v) is 2.77. The van der Waals surface area contributed by atoms with Crippen molar-refractivity contribution in [1.29, 1.82) is 0 Å². The first-order valence-corrected chi connectivity index (χ1v) is 6.61. The zero-order valence-corrected chi connectivity index (χ0v) is 10.4. The number of carbonyl (C=O) groups is 1. The van der Waals surface area contributed by atoms with Crippen LogP contribution in [0.3, 0.4) is 0 Å². The lowest BCUT2D eigenvalue weighted by molar-refractivity contribution is -0.136. The highest BCUT2D eigenvalue weighted by molar-refractivity contribution is 5.77. The van der Waals surface area contributed by atoms with Gasteiger partial charge in [-0.25, -0.2) is 0 Å². The molecule has 0 bridgehead atoms. The van der Waals surface area contributed by atoms with Crippen LogP contribution in [0.1, 0.15) is 19.3 Å². The number of rotatable bonds is 4. The van der Waals surface area contributed by atoms with Crippen LogP contribution in [-0.2, 0) is 9.53 Å². The molecule has 0 aromatic carbocycles. The van der Waals surface area contributed by atoms with E-state index in [9.17, 15) is 4.79 Å². The summed E-state index contributed by atoms with van der Waals surface area (Å²) in [5, 5.41) is 0. The first-order valence-electron chi connectivity index (χ1n) is 6.61. The van der Waals surface area contributed by atoms with Crippen molar-refractivity contribution in [2.75, 3.05) is 45.9 Å². The second-order valence-electron chi connectivity index (χ2n) is 4.87. The van der Waals surface area contributed by atoms with Gasteiger partial charge in [-0.2, -0.15) is 0 Å². The van der Waals surface area contributed by atoms with Crippen molar-refractivity contribution in [3.05, 3.63) is 0 Å². The van der Waals surface area contributed by atoms with Gasteiger partial charge in [0.15, 0.2) is 0 Å². The molecule has 0 spiro atoms. The molecule has 98 valence electrons. The Morgan fingerprint density at radius 2 is 2.12 bits per heavy atom. The lowest BCUT2D eigenvalue weighted by Gasteiger charge is -2.25. The Hall–Kier alpha value is -0.650. The zero-order chi connectivity index (χ0) is 12.1. The largest absolute Gasteiger partial charge is 0.370 e. The zero-order valence-electron chi connectivity index (χ0n) is 10.4. The summed E-state index contributed by atoms with van der Waals surface area (Å²) in [6, 6.07) is 0.580. The van der Waals surface area contributed by atoms with E-state index in [1.165, 1.54) is 19.4 Å². The quantitative estimate of drug-likeness (QED) is 0.684. The topological polar surface area (TPSA) is 58.8 Å². The molecule has 1 unspecified atom stereocenters. The molecule has 0 radical (unpaired) electrons. The molecule has 5 heteroatoms. The number of fused-ring (bicyclic) bond motifs is 1. The second-order valence-corrected chi connectivity index (χ2v) is 4.87.